The first kappa shape index (κ1) is 27.6. The number of likely N-dealkylation sites (tertiary alicyclic amines) is 1. The molecule has 2 aliphatic rings. The number of carbonyl (C=O) groups excluding carboxylic acids is 2. The van der Waals surface area contributed by atoms with Crippen LogP contribution in [0.4, 0.5) is 20.3 Å². The summed E-state index contributed by atoms with van der Waals surface area (Å²) >= 11 is 0. The lowest BCUT2D eigenvalue weighted by atomic mass is 9.96. The van der Waals surface area contributed by atoms with Crippen LogP contribution in [0.5, 0.6) is 0 Å². The van der Waals surface area contributed by atoms with Gasteiger partial charge < -0.3 is 10.2 Å². The molecule has 0 aliphatic carbocycles. The van der Waals surface area contributed by atoms with Crippen LogP contribution in [0.25, 0.3) is 11.3 Å². The topological polar surface area (TPSA) is 113 Å². The first-order valence-corrected chi connectivity index (χ1v) is 14.9. The molecule has 2 saturated heterocycles. The van der Waals surface area contributed by atoms with E-state index in [9.17, 15) is 26.8 Å². The Morgan fingerprint density at radius 2 is 1.73 bits per heavy atom. The average Bonchev–Trinajstić information content (AvgIpc) is 2.91. The highest BCUT2D eigenvalue weighted by Gasteiger charge is 2.38. The van der Waals surface area contributed by atoms with Gasteiger partial charge in [0.15, 0.2) is 15.7 Å². The lowest BCUT2D eigenvalue weighted by Crippen LogP contribution is -2.56. The molecule has 1 N–H and O–H groups in total. The molecule has 2 amide bonds. The second kappa shape index (κ2) is 10.9. The number of sulfone groups is 1. The summed E-state index contributed by atoms with van der Waals surface area (Å²) in [7, 11) is -3.95. The molecule has 0 spiro atoms. The van der Waals surface area contributed by atoms with Crippen molar-refractivity contribution >= 4 is 33.2 Å². The van der Waals surface area contributed by atoms with Crippen LogP contribution in [0.15, 0.2) is 53.7 Å². The number of hydrogen-bond acceptors (Lipinski definition) is 7. The van der Waals surface area contributed by atoms with E-state index in [1.54, 1.807) is 22.2 Å². The highest BCUT2D eigenvalue weighted by Crippen LogP contribution is 2.29. The molecule has 0 saturated carbocycles. The number of nitrogens with zero attached hydrogens (tertiary/aromatic N) is 4. The van der Waals surface area contributed by atoms with Gasteiger partial charge in [-0.25, -0.2) is 22.2 Å². The number of piperidine rings is 2. The van der Waals surface area contributed by atoms with E-state index in [2.05, 4.69) is 15.3 Å². The number of aromatic nitrogens is 2. The molecule has 0 radical (unpaired) electrons. The third-order valence-corrected chi connectivity index (χ3v) is 8.44. The van der Waals surface area contributed by atoms with Crippen LogP contribution in [-0.2, 0) is 19.4 Å². The Bertz CT molecular complexity index is 1550. The summed E-state index contributed by atoms with van der Waals surface area (Å²) < 4.78 is 52.3. The van der Waals surface area contributed by atoms with Crippen LogP contribution in [0.3, 0.4) is 0 Å². The standard InChI is InChI=1S/C28H29F2N5O4S/c1-17-5-7-18(8-6-17)24-15-32-26(16-31-24)35-11-9-19(12-27(35)36)34-10-3-4-22(28(34)37)33-23-13-21(30)25(14-20(23)29)40(2,38)39/h5-8,13-16,19,22,33H,3-4,9-12H2,1-2H3. The number of nitrogens with one attached hydrogen (secondary N) is 1. The molecule has 1 aromatic heterocycles. The smallest absolute Gasteiger partial charge is 0.245 e. The molecule has 3 aromatic rings. The summed E-state index contributed by atoms with van der Waals surface area (Å²) in [5, 5.41) is 2.74. The van der Waals surface area contributed by atoms with Crippen molar-refractivity contribution in [2.75, 3.05) is 29.6 Å². The van der Waals surface area contributed by atoms with Crippen molar-refractivity contribution in [1.82, 2.24) is 14.9 Å². The third kappa shape index (κ3) is 5.67. The maximum Gasteiger partial charge on any atom is 0.245 e. The zero-order valence-electron chi connectivity index (χ0n) is 22.1. The van der Waals surface area contributed by atoms with Gasteiger partial charge in [0.25, 0.3) is 0 Å². The van der Waals surface area contributed by atoms with Gasteiger partial charge in [-0.05, 0) is 32.3 Å². The molecule has 3 heterocycles. The van der Waals surface area contributed by atoms with E-state index in [-0.39, 0.29) is 30.0 Å². The van der Waals surface area contributed by atoms with Crippen molar-refractivity contribution in [3.63, 3.8) is 0 Å². The maximum atomic E-state index is 14.6. The quantitative estimate of drug-likeness (QED) is 0.481. The number of hydrogen-bond donors (Lipinski definition) is 1. The third-order valence-electron chi connectivity index (χ3n) is 7.32. The van der Waals surface area contributed by atoms with E-state index in [4.69, 9.17) is 0 Å². The molecule has 210 valence electrons. The molecular formula is C28H29F2N5O4S. The Morgan fingerprint density at radius 1 is 0.975 bits per heavy atom. The van der Waals surface area contributed by atoms with E-state index < -0.39 is 32.4 Å². The lowest BCUT2D eigenvalue weighted by Gasteiger charge is -2.41. The Morgan fingerprint density at radius 3 is 2.38 bits per heavy atom. The fourth-order valence-electron chi connectivity index (χ4n) is 5.17. The van der Waals surface area contributed by atoms with Gasteiger partial charge in [-0.3, -0.25) is 19.5 Å². The van der Waals surface area contributed by atoms with Crippen molar-refractivity contribution < 1.29 is 26.8 Å². The summed E-state index contributed by atoms with van der Waals surface area (Å²) in [6.45, 7) is 2.81. The minimum absolute atomic E-state index is 0.103. The van der Waals surface area contributed by atoms with Crippen molar-refractivity contribution in [2.45, 2.75) is 49.6 Å². The van der Waals surface area contributed by atoms with Crippen LogP contribution in [0.2, 0.25) is 0 Å². The van der Waals surface area contributed by atoms with E-state index in [0.29, 0.717) is 49.9 Å². The summed E-state index contributed by atoms with van der Waals surface area (Å²) in [6, 6.07) is 8.10. The molecular weight excluding hydrogens is 540 g/mol. The highest BCUT2D eigenvalue weighted by molar-refractivity contribution is 7.90. The Hall–Kier alpha value is -3.93. The summed E-state index contributed by atoms with van der Waals surface area (Å²) in [5.41, 5.74) is 2.48. The van der Waals surface area contributed by atoms with Gasteiger partial charge in [0, 0.05) is 43.4 Å². The number of rotatable bonds is 6. The zero-order valence-corrected chi connectivity index (χ0v) is 22.9. The zero-order chi connectivity index (χ0) is 28.6. The Kier molecular flexibility index (Phi) is 7.54. The summed E-state index contributed by atoms with van der Waals surface area (Å²) in [5.74, 6) is -2.11. The van der Waals surface area contributed by atoms with Gasteiger partial charge in [0.1, 0.15) is 22.6 Å². The first-order chi connectivity index (χ1) is 19.0. The molecule has 2 unspecified atom stereocenters. The molecule has 2 fully saturated rings. The molecule has 9 nitrogen and oxygen atoms in total. The minimum atomic E-state index is -3.95. The monoisotopic (exact) mass is 569 g/mol. The number of amides is 2. The SMILES string of the molecule is Cc1ccc(-c2cnc(N3CCC(N4CCCC(Nc5cc(F)c(S(C)(=O)=O)cc5F)C4=O)CC3=O)cn2)cc1. The number of carbonyl (C=O) groups is 2. The van der Waals surface area contributed by atoms with Crippen LogP contribution < -0.4 is 10.2 Å². The molecule has 2 atom stereocenters. The van der Waals surface area contributed by atoms with Crippen molar-refractivity contribution in [3.8, 4) is 11.3 Å². The fourth-order valence-corrected chi connectivity index (χ4v) is 5.90. The van der Waals surface area contributed by atoms with E-state index in [1.807, 2.05) is 31.2 Å². The predicted octanol–water partition coefficient (Wildman–Crippen LogP) is 3.73. The van der Waals surface area contributed by atoms with E-state index >= 15 is 0 Å². The van der Waals surface area contributed by atoms with Gasteiger partial charge in [-0.1, -0.05) is 29.8 Å². The number of anilines is 2. The normalized spacial score (nSPS) is 20.1. The van der Waals surface area contributed by atoms with Gasteiger partial charge in [0.05, 0.1) is 23.8 Å². The molecule has 40 heavy (non-hydrogen) atoms. The maximum absolute atomic E-state index is 14.6. The van der Waals surface area contributed by atoms with Gasteiger partial charge in [-0.15, -0.1) is 0 Å². The molecule has 5 rings (SSSR count). The molecule has 2 aromatic carbocycles. The number of halogens is 2. The Balaban J connectivity index is 1.24. The number of benzene rings is 2. The highest BCUT2D eigenvalue weighted by atomic mass is 32.2. The van der Waals surface area contributed by atoms with Gasteiger partial charge in [-0.2, -0.15) is 0 Å². The van der Waals surface area contributed by atoms with E-state index in [1.165, 1.54) is 0 Å². The second-order valence-corrected chi connectivity index (χ2v) is 12.2. The van der Waals surface area contributed by atoms with Crippen LogP contribution >= 0.6 is 0 Å². The van der Waals surface area contributed by atoms with Crippen LogP contribution in [0, 0.1) is 18.6 Å². The van der Waals surface area contributed by atoms with Crippen molar-refractivity contribution in [2.24, 2.45) is 0 Å². The summed E-state index contributed by atoms with van der Waals surface area (Å²) in [4.78, 5) is 37.8. The number of aryl methyl sites for hydroxylation is 1. The predicted molar refractivity (Wildman–Crippen MR) is 145 cm³/mol. The van der Waals surface area contributed by atoms with Crippen LogP contribution in [-0.4, -0.2) is 66.5 Å². The van der Waals surface area contributed by atoms with E-state index in [0.717, 1.165) is 23.4 Å². The molecule has 2 aliphatic heterocycles. The fraction of sp³-hybridized carbons (Fsp3) is 0.357. The van der Waals surface area contributed by atoms with Gasteiger partial charge in [0.2, 0.25) is 11.8 Å². The second-order valence-electron chi connectivity index (χ2n) is 10.2. The first-order valence-electron chi connectivity index (χ1n) is 13.0. The lowest BCUT2D eigenvalue weighted by molar-refractivity contribution is -0.138. The average molecular weight is 570 g/mol. The Labute approximate surface area is 231 Å². The molecule has 0 bridgehead atoms. The van der Waals surface area contributed by atoms with Crippen molar-refractivity contribution in [1.29, 1.82) is 0 Å². The van der Waals surface area contributed by atoms with Crippen LogP contribution in [0.1, 0.15) is 31.2 Å². The van der Waals surface area contributed by atoms with Gasteiger partial charge >= 0.3 is 0 Å². The largest absolute Gasteiger partial charge is 0.371 e. The minimum Gasteiger partial charge on any atom is -0.371 e. The van der Waals surface area contributed by atoms with Crippen molar-refractivity contribution in [3.05, 3.63) is 66.0 Å². The summed E-state index contributed by atoms with van der Waals surface area (Å²) in [6.07, 6.45) is 5.62. The molecule has 12 heteroatoms.